The van der Waals surface area contributed by atoms with Crippen LogP contribution in [0.25, 0.3) is 20.7 Å². The van der Waals surface area contributed by atoms with Gasteiger partial charge >= 0.3 is 0 Å². The third-order valence-electron chi connectivity index (χ3n) is 4.21. The maximum absolute atomic E-state index is 13.1. The molecule has 1 N–H and O–H groups in total. The van der Waals surface area contributed by atoms with Crippen molar-refractivity contribution in [3.8, 4) is 10.4 Å². The van der Waals surface area contributed by atoms with Crippen molar-refractivity contribution in [2.45, 2.75) is 33.2 Å². The van der Waals surface area contributed by atoms with Crippen LogP contribution in [-0.2, 0) is 6.54 Å². The molecule has 0 saturated carbocycles. The molecule has 132 valence electrons. The Morgan fingerprint density at radius 2 is 2.00 bits per heavy atom. The quantitative estimate of drug-likeness (QED) is 0.680. The first-order chi connectivity index (χ1) is 12.1. The van der Waals surface area contributed by atoms with E-state index >= 15 is 0 Å². The standard InChI is InChI=1S/C19H22FN3OS/c1-3-5-10-23(4-2)12-17-21-15-11-16(25-18(15)19(24)22-17)13-6-8-14(20)9-7-13/h6-9,11H,3-5,10,12H2,1-2H3,(H,21,22,24). The molecular formula is C19H22FN3OS. The number of nitrogens with one attached hydrogen (secondary N) is 1. The number of aromatic amines is 1. The summed E-state index contributed by atoms with van der Waals surface area (Å²) in [6, 6.07) is 8.21. The van der Waals surface area contributed by atoms with E-state index in [1.165, 1.54) is 23.5 Å². The predicted octanol–water partition coefficient (Wildman–Crippen LogP) is 4.41. The van der Waals surface area contributed by atoms with E-state index < -0.39 is 0 Å². The zero-order chi connectivity index (χ0) is 17.8. The van der Waals surface area contributed by atoms with Crippen molar-refractivity contribution in [1.29, 1.82) is 0 Å². The summed E-state index contributed by atoms with van der Waals surface area (Å²) in [5.41, 5.74) is 1.49. The third kappa shape index (κ3) is 4.14. The molecule has 3 rings (SSSR count). The average Bonchev–Trinajstić information content (AvgIpc) is 3.04. The van der Waals surface area contributed by atoms with Crippen LogP contribution in [0.2, 0.25) is 0 Å². The van der Waals surface area contributed by atoms with Gasteiger partial charge in [0.1, 0.15) is 16.3 Å². The van der Waals surface area contributed by atoms with Gasteiger partial charge in [-0.05, 0) is 43.3 Å². The molecule has 0 atom stereocenters. The average molecular weight is 359 g/mol. The number of nitrogens with zero attached hydrogens (tertiary/aromatic N) is 2. The van der Waals surface area contributed by atoms with Gasteiger partial charge in [-0.15, -0.1) is 11.3 Å². The summed E-state index contributed by atoms with van der Waals surface area (Å²) in [5, 5.41) is 0. The molecule has 0 amide bonds. The van der Waals surface area contributed by atoms with Crippen LogP contribution in [0.15, 0.2) is 35.1 Å². The van der Waals surface area contributed by atoms with Gasteiger partial charge in [-0.1, -0.05) is 32.4 Å². The Morgan fingerprint density at radius 3 is 2.68 bits per heavy atom. The maximum Gasteiger partial charge on any atom is 0.268 e. The van der Waals surface area contributed by atoms with Crippen LogP contribution in [0.5, 0.6) is 0 Å². The lowest BCUT2D eigenvalue weighted by molar-refractivity contribution is 0.269. The van der Waals surface area contributed by atoms with E-state index in [0.29, 0.717) is 22.6 Å². The monoisotopic (exact) mass is 359 g/mol. The van der Waals surface area contributed by atoms with E-state index in [9.17, 15) is 9.18 Å². The number of thiophene rings is 1. The van der Waals surface area contributed by atoms with E-state index in [4.69, 9.17) is 0 Å². The lowest BCUT2D eigenvalue weighted by Gasteiger charge is -2.19. The molecular weight excluding hydrogens is 337 g/mol. The Morgan fingerprint density at radius 1 is 1.24 bits per heavy atom. The highest BCUT2D eigenvalue weighted by atomic mass is 32.1. The van der Waals surface area contributed by atoms with E-state index in [0.717, 1.165) is 36.4 Å². The van der Waals surface area contributed by atoms with Crippen molar-refractivity contribution < 1.29 is 4.39 Å². The molecule has 4 nitrogen and oxygen atoms in total. The lowest BCUT2D eigenvalue weighted by atomic mass is 10.2. The van der Waals surface area contributed by atoms with Gasteiger partial charge in [-0.25, -0.2) is 9.37 Å². The fourth-order valence-electron chi connectivity index (χ4n) is 2.76. The fraction of sp³-hybridized carbons (Fsp3) is 0.368. The largest absolute Gasteiger partial charge is 0.308 e. The minimum atomic E-state index is -0.269. The molecule has 2 aromatic heterocycles. The van der Waals surface area contributed by atoms with Crippen molar-refractivity contribution in [1.82, 2.24) is 14.9 Å². The Bertz CT molecular complexity index is 901. The summed E-state index contributed by atoms with van der Waals surface area (Å²) in [5.74, 6) is 0.425. The van der Waals surface area contributed by atoms with E-state index in [1.54, 1.807) is 12.1 Å². The van der Waals surface area contributed by atoms with Crippen molar-refractivity contribution in [2.75, 3.05) is 13.1 Å². The Balaban J connectivity index is 1.91. The Kier molecular flexibility index (Phi) is 5.60. The first-order valence-electron chi connectivity index (χ1n) is 8.61. The van der Waals surface area contributed by atoms with E-state index in [-0.39, 0.29) is 11.4 Å². The highest BCUT2D eigenvalue weighted by Gasteiger charge is 2.12. The summed E-state index contributed by atoms with van der Waals surface area (Å²) >= 11 is 1.39. The van der Waals surface area contributed by atoms with Crippen molar-refractivity contribution in [3.05, 3.63) is 52.3 Å². The molecule has 0 spiro atoms. The van der Waals surface area contributed by atoms with Gasteiger partial charge in [0.05, 0.1) is 12.1 Å². The van der Waals surface area contributed by atoms with Crippen LogP contribution in [0.1, 0.15) is 32.5 Å². The second-order valence-electron chi connectivity index (χ2n) is 6.07. The highest BCUT2D eigenvalue weighted by molar-refractivity contribution is 7.22. The molecule has 6 heteroatoms. The molecule has 1 aromatic carbocycles. The number of fused-ring (bicyclic) bond motifs is 1. The number of hydrogen-bond acceptors (Lipinski definition) is 4. The minimum absolute atomic E-state index is 0.107. The van der Waals surface area contributed by atoms with Crippen LogP contribution in [-0.4, -0.2) is 28.0 Å². The van der Waals surface area contributed by atoms with E-state index in [1.807, 2.05) is 6.07 Å². The topological polar surface area (TPSA) is 49.0 Å². The van der Waals surface area contributed by atoms with Crippen LogP contribution in [0.4, 0.5) is 4.39 Å². The summed E-state index contributed by atoms with van der Waals surface area (Å²) < 4.78 is 13.7. The molecule has 3 aromatic rings. The summed E-state index contributed by atoms with van der Waals surface area (Å²) in [6.45, 7) is 6.85. The predicted molar refractivity (Wildman–Crippen MR) is 101 cm³/mol. The molecule has 0 fully saturated rings. The molecule has 0 aliphatic rings. The Hall–Kier alpha value is -2.05. The van der Waals surface area contributed by atoms with Gasteiger partial charge in [-0.2, -0.15) is 0 Å². The molecule has 0 unspecified atom stereocenters. The lowest BCUT2D eigenvalue weighted by Crippen LogP contribution is -2.26. The number of rotatable bonds is 7. The summed E-state index contributed by atoms with van der Waals surface area (Å²) in [4.78, 5) is 23.2. The molecule has 0 aliphatic carbocycles. The van der Waals surface area contributed by atoms with Crippen LogP contribution >= 0.6 is 11.3 Å². The minimum Gasteiger partial charge on any atom is -0.308 e. The van der Waals surface area contributed by atoms with Gasteiger partial charge in [0, 0.05) is 4.88 Å². The number of unbranched alkanes of at least 4 members (excludes halogenated alkanes) is 1. The second kappa shape index (κ2) is 7.89. The number of aromatic nitrogens is 2. The van der Waals surface area contributed by atoms with Gasteiger partial charge in [0.15, 0.2) is 0 Å². The molecule has 0 saturated heterocycles. The number of benzene rings is 1. The number of hydrogen-bond donors (Lipinski definition) is 1. The molecule has 0 bridgehead atoms. The van der Waals surface area contributed by atoms with Crippen molar-refractivity contribution in [3.63, 3.8) is 0 Å². The van der Waals surface area contributed by atoms with Gasteiger partial charge in [-0.3, -0.25) is 9.69 Å². The second-order valence-corrected chi connectivity index (χ2v) is 7.12. The first-order valence-corrected chi connectivity index (χ1v) is 9.43. The highest BCUT2D eigenvalue weighted by Crippen LogP contribution is 2.30. The van der Waals surface area contributed by atoms with Gasteiger partial charge in [0.2, 0.25) is 0 Å². The zero-order valence-electron chi connectivity index (χ0n) is 14.5. The molecule has 25 heavy (non-hydrogen) atoms. The summed E-state index contributed by atoms with van der Waals surface area (Å²) in [6.07, 6.45) is 2.28. The van der Waals surface area contributed by atoms with E-state index in [2.05, 4.69) is 28.7 Å². The number of H-pyrrole nitrogens is 1. The van der Waals surface area contributed by atoms with Crippen LogP contribution < -0.4 is 5.56 Å². The smallest absolute Gasteiger partial charge is 0.268 e. The molecule has 0 aliphatic heterocycles. The molecule has 2 heterocycles. The Labute approximate surface area is 150 Å². The summed E-state index contributed by atoms with van der Waals surface area (Å²) in [7, 11) is 0. The van der Waals surface area contributed by atoms with Crippen molar-refractivity contribution >= 4 is 21.6 Å². The van der Waals surface area contributed by atoms with Crippen molar-refractivity contribution in [2.24, 2.45) is 0 Å². The number of halogens is 1. The van der Waals surface area contributed by atoms with Gasteiger partial charge < -0.3 is 4.98 Å². The van der Waals surface area contributed by atoms with Crippen LogP contribution in [0, 0.1) is 5.82 Å². The maximum atomic E-state index is 13.1. The fourth-order valence-corrected chi connectivity index (χ4v) is 3.76. The van der Waals surface area contributed by atoms with Gasteiger partial charge in [0.25, 0.3) is 5.56 Å². The molecule has 0 radical (unpaired) electrons. The normalized spacial score (nSPS) is 11.5. The first kappa shape index (κ1) is 17.8. The third-order valence-corrected chi connectivity index (χ3v) is 5.38. The SMILES string of the molecule is CCCCN(CC)Cc1nc2cc(-c3ccc(F)cc3)sc2c(=O)[nH]1. The van der Waals surface area contributed by atoms with Crippen LogP contribution in [0.3, 0.4) is 0 Å². The zero-order valence-corrected chi connectivity index (χ0v) is 15.3.